The Morgan fingerprint density at radius 1 is 1.48 bits per heavy atom. The van der Waals surface area contributed by atoms with Crippen molar-refractivity contribution in [2.45, 2.75) is 18.9 Å². The largest absolute Gasteiger partial charge is 0.352 e. The van der Waals surface area contributed by atoms with E-state index in [-0.39, 0.29) is 34.8 Å². The molecule has 8 heteroatoms. The number of likely N-dealkylation sites (N-methyl/N-ethyl adjacent to an activating group) is 1. The third-order valence-corrected chi connectivity index (χ3v) is 3.39. The van der Waals surface area contributed by atoms with Crippen LogP contribution >= 0.6 is 11.6 Å². The zero-order valence-electron chi connectivity index (χ0n) is 11.3. The fraction of sp³-hybridized carbons (Fsp3) is 0.385. The van der Waals surface area contributed by atoms with Crippen molar-refractivity contribution in [2.24, 2.45) is 0 Å². The number of halogens is 1. The van der Waals surface area contributed by atoms with Gasteiger partial charge in [0.2, 0.25) is 5.91 Å². The molecule has 1 aliphatic carbocycles. The number of hydrogen-bond donors (Lipinski definition) is 1. The van der Waals surface area contributed by atoms with Crippen LogP contribution in [-0.4, -0.2) is 41.3 Å². The molecule has 2 rings (SSSR count). The van der Waals surface area contributed by atoms with E-state index < -0.39 is 10.8 Å². The molecule has 0 radical (unpaired) electrons. The highest BCUT2D eigenvalue weighted by Gasteiger charge is 2.25. The van der Waals surface area contributed by atoms with Gasteiger partial charge < -0.3 is 10.2 Å². The lowest BCUT2D eigenvalue weighted by Gasteiger charge is -2.17. The first-order valence-corrected chi connectivity index (χ1v) is 6.75. The van der Waals surface area contributed by atoms with Gasteiger partial charge >= 0.3 is 0 Å². The van der Waals surface area contributed by atoms with Crippen LogP contribution in [0.4, 0.5) is 5.69 Å². The Kier molecular flexibility index (Phi) is 4.42. The first kappa shape index (κ1) is 15.2. The fourth-order valence-electron chi connectivity index (χ4n) is 1.78. The highest BCUT2D eigenvalue weighted by atomic mass is 35.5. The topological polar surface area (TPSA) is 92.6 Å². The second kappa shape index (κ2) is 6.09. The van der Waals surface area contributed by atoms with E-state index in [1.165, 1.54) is 24.1 Å². The summed E-state index contributed by atoms with van der Waals surface area (Å²) < 4.78 is 0. The van der Waals surface area contributed by atoms with E-state index >= 15 is 0 Å². The van der Waals surface area contributed by atoms with Crippen molar-refractivity contribution in [3.05, 3.63) is 38.9 Å². The summed E-state index contributed by atoms with van der Waals surface area (Å²) in [4.78, 5) is 35.2. The molecule has 112 valence electrons. The summed E-state index contributed by atoms with van der Waals surface area (Å²) >= 11 is 5.90. The Labute approximate surface area is 126 Å². The van der Waals surface area contributed by atoms with E-state index in [9.17, 15) is 19.7 Å². The second-order valence-corrected chi connectivity index (χ2v) is 5.33. The molecule has 7 nitrogen and oxygen atoms in total. The number of carbonyl (C=O) groups is 2. The van der Waals surface area contributed by atoms with Gasteiger partial charge in [0.15, 0.2) is 0 Å². The third kappa shape index (κ3) is 3.91. The van der Waals surface area contributed by atoms with Crippen molar-refractivity contribution in [1.82, 2.24) is 10.2 Å². The lowest BCUT2D eigenvalue weighted by molar-refractivity contribution is -0.384. The minimum Gasteiger partial charge on any atom is -0.352 e. The van der Waals surface area contributed by atoms with Gasteiger partial charge in [-0.1, -0.05) is 11.6 Å². The number of non-ortho nitro benzene ring substituents is 1. The van der Waals surface area contributed by atoms with Gasteiger partial charge in [-0.15, -0.1) is 0 Å². The summed E-state index contributed by atoms with van der Waals surface area (Å²) in [6, 6.07) is 3.84. The molecule has 0 unspecified atom stereocenters. The monoisotopic (exact) mass is 311 g/mol. The Morgan fingerprint density at radius 2 is 2.14 bits per heavy atom. The Balaban J connectivity index is 2.08. The van der Waals surface area contributed by atoms with E-state index in [0.717, 1.165) is 18.9 Å². The van der Waals surface area contributed by atoms with Gasteiger partial charge in [0.05, 0.1) is 22.1 Å². The van der Waals surface area contributed by atoms with Crippen molar-refractivity contribution < 1.29 is 14.5 Å². The fourth-order valence-corrected chi connectivity index (χ4v) is 1.98. The van der Waals surface area contributed by atoms with Gasteiger partial charge in [-0.25, -0.2) is 0 Å². The quantitative estimate of drug-likeness (QED) is 0.660. The smallest absolute Gasteiger partial charge is 0.270 e. The molecule has 1 fully saturated rings. The van der Waals surface area contributed by atoms with E-state index in [1.807, 2.05) is 0 Å². The average molecular weight is 312 g/mol. The van der Waals surface area contributed by atoms with Crippen LogP contribution in [0.5, 0.6) is 0 Å². The third-order valence-electron chi connectivity index (χ3n) is 3.06. The zero-order chi connectivity index (χ0) is 15.6. The molecular weight excluding hydrogens is 298 g/mol. The van der Waals surface area contributed by atoms with Crippen molar-refractivity contribution >= 4 is 29.1 Å². The molecular formula is C13H14ClN3O4. The first-order valence-electron chi connectivity index (χ1n) is 6.37. The molecule has 0 heterocycles. The Bertz CT molecular complexity index is 601. The van der Waals surface area contributed by atoms with Gasteiger partial charge in [0, 0.05) is 25.2 Å². The maximum atomic E-state index is 12.2. The van der Waals surface area contributed by atoms with Gasteiger partial charge in [-0.3, -0.25) is 19.7 Å². The number of hydrogen-bond acceptors (Lipinski definition) is 4. The summed E-state index contributed by atoms with van der Waals surface area (Å²) in [6.45, 7) is -0.117. The minimum atomic E-state index is -0.604. The lowest BCUT2D eigenvalue weighted by atomic mass is 10.1. The highest BCUT2D eigenvalue weighted by Crippen LogP contribution is 2.23. The molecule has 0 spiro atoms. The van der Waals surface area contributed by atoms with Crippen LogP contribution < -0.4 is 5.32 Å². The molecule has 21 heavy (non-hydrogen) atoms. The molecule has 2 amide bonds. The van der Waals surface area contributed by atoms with Gasteiger partial charge in [-0.2, -0.15) is 0 Å². The van der Waals surface area contributed by atoms with Crippen LogP contribution in [0.25, 0.3) is 0 Å². The summed E-state index contributed by atoms with van der Waals surface area (Å²) in [5.74, 6) is -0.787. The summed E-state index contributed by atoms with van der Waals surface area (Å²) in [6.07, 6.45) is 1.92. The van der Waals surface area contributed by atoms with Crippen molar-refractivity contribution in [3.63, 3.8) is 0 Å². The first-order chi connectivity index (χ1) is 9.88. The predicted molar refractivity (Wildman–Crippen MR) is 76.2 cm³/mol. The van der Waals surface area contributed by atoms with Crippen LogP contribution in [0.3, 0.4) is 0 Å². The molecule has 0 saturated heterocycles. The number of benzene rings is 1. The summed E-state index contributed by atoms with van der Waals surface area (Å²) in [7, 11) is 1.45. The van der Waals surface area contributed by atoms with Gasteiger partial charge in [0.25, 0.3) is 11.6 Å². The molecule has 1 saturated carbocycles. The van der Waals surface area contributed by atoms with E-state index in [1.54, 1.807) is 0 Å². The maximum absolute atomic E-state index is 12.2. The SMILES string of the molecule is CN(CC(=O)NC1CC1)C(=O)c1cc([N+](=O)[O-])ccc1Cl. The predicted octanol–water partition coefficient (Wildman–Crippen LogP) is 1.60. The van der Waals surface area contributed by atoms with Crippen molar-refractivity contribution in [1.29, 1.82) is 0 Å². The van der Waals surface area contributed by atoms with Crippen LogP contribution in [0.1, 0.15) is 23.2 Å². The number of nitrogens with one attached hydrogen (secondary N) is 1. The van der Waals surface area contributed by atoms with Gasteiger partial charge in [0.1, 0.15) is 0 Å². The maximum Gasteiger partial charge on any atom is 0.270 e. The van der Waals surface area contributed by atoms with E-state index in [0.29, 0.717) is 0 Å². The molecule has 0 aromatic heterocycles. The van der Waals surface area contributed by atoms with Crippen molar-refractivity contribution in [2.75, 3.05) is 13.6 Å². The number of amides is 2. The normalized spacial score (nSPS) is 13.6. The van der Waals surface area contributed by atoms with Crippen LogP contribution in [0.2, 0.25) is 5.02 Å². The van der Waals surface area contributed by atoms with E-state index in [2.05, 4.69) is 5.32 Å². The Morgan fingerprint density at radius 3 is 2.71 bits per heavy atom. The average Bonchev–Trinajstić information content (AvgIpc) is 3.21. The number of nitro groups is 1. The van der Waals surface area contributed by atoms with Crippen LogP contribution in [0.15, 0.2) is 18.2 Å². The van der Waals surface area contributed by atoms with Crippen LogP contribution in [-0.2, 0) is 4.79 Å². The molecule has 0 bridgehead atoms. The van der Waals surface area contributed by atoms with Crippen LogP contribution in [0, 0.1) is 10.1 Å². The molecule has 1 N–H and O–H groups in total. The summed E-state index contributed by atoms with van der Waals surface area (Å²) in [5.41, 5.74) is -0.217. The molecule has 1 aromatic rings. The summed E-state index contributed by atoms with van der Waals surface area (Å²) in [5, 5.41) is 13.6. The number of nitro benzene ring substituents is 1. The minimum absolute atomic E-state index is 0.00703. The zero-order valence-corrected chi connectivity index (χ0v) is 12.1. The lowest BCUT2D eigenvalue weighted by Crippen LogP contribution is -2.39. The van der Waals surface area contributed by atoms with E-state index in [4.69, 9.17) is 11.6 Å². The molecule has 0 aliphatic heterocycles. The van der Waals surface area contributed by atoms with Crippen molar-refractivity contribution in [3.8, 4) is 0 Å². The number of nitrogens with zero attached hydrogens (tertiary/aromatic N) is 2. The van der Waals surface area contributed by atoms with Gasteiger partial charge in [-0.05, 0) is 18.9 Å². The second-order valence-electron chi connectivity index (χ2n) is 4.92. The highest BCUT2D eigenvalue weighted by molar-refractivity contribution is 6.34. The standard InChI is InChI=1S/C13H14ClN3O4/c1-16(7-12(18)15-8-2-3-8)13(19)10-6-9(17(20)21)4-5-11(10)14/h4-6,8H,2-3,7H2,1H3,(H,15,18). The Hall–Kier alpha value is -2.15. The number of rotatable bonds is 5. The molecule has 1 aromatic carbocycles. The number of carbonyl (C=O) groups excluding carboxylic acids is 2. The molecule has 0 atom stereocenters. The molecule has 1 aliphatic rings.